The highest BCUT2D eigenvalue weighted by Crippen LogP contribution is 2.25. The molecule has 7 heteroatoms. The molecule has 3 heterocycles. The van der Waals surface area contributed by atoms with E-state index in [2.05, 4.69) is 15.3 Å². The summed E-state index contributed by atoms with van der Waals surface area (Å²) in [6.07, 6.45) is 4.19. The number of nitrogens with zero attached hydrogens (tertiary/aromatic N) is 5. The van der Waals surface area contributed by atoms with Gasteiger partial charge in [-0.15, -0.1) is 0 Å². The van der Waals surface area contributed by atoms with Crippen LogP contribution in [0.25, 0.3) is 11.0 Å². The molecule has 1 fully saturated rings. The number of nitrogens with one attached hydrogen (secondary N) is 1. The molecule has 0 aliphatic carbocycles. The number of hydrogen-bond acceptors (Lipinski definition) is 5. The second-order valence-corrected chi connectivity index (χ2v) is 6.49. The lowest BCUT2D eigenvalue weighted by molar-refractivity contribution is 0.782. The molecule has 1 aliphatic rings. The minimum atomic E-state index is 0.654. The molecule has 1 saturated heterocycles. The molecule has 0 radical (unpaired) electrons. The number of aromatic nitrogens is 4. The predicted octanol–water partition coefficient (Wildman–Crippen LogP) is 3.23. The quantitative estimate of drug-likeness (QED) is 0.788. The van der Waals surface area contributed by atoms with E-state index in [-0.39, 0.29) is 0 Å². The fourth-order valence-corrected chi connectivity index (χ4v) is 3.25. The van der Waals surface area contributed by atoms with Crippen LogP contribution in [-0.2, 0) is 13.6 Å². The molecule has 6 nitrogen and oxygen atoms in total. The average molecular weight is 343 g/mol. The molecule has 0 spiro atoms. The zero-order valence-electron chi connectivity index (χ0n) is 13.5. The Labute approximate surface area is 145 Å². The minimum Gasteiger partial charge on any atom is -0.365 e. The fourth-order valence-electron chi connectivity index (χ4n) is 3.04. The molecule has 0 saturated carbocycles. The maximum atomic E-state index is 6.06. The zero-order valence-corrected chi connectivity index (χ0v) is 14.3. The Morgan fingerprint density at radius 3 is 2.83 bits per heavy atom. The first kappa shape index (κ1) is 15.2. The maximum absolute atomic E-state index is 6.06. The Morgan fingerprint density at radius 2 is 2.04 bits per heavy atom. The SMILES string of the molecule is Cn1ncc2c(NCc3cccc(Cl)c3)nc(N3CCCC3)nc21. The summed E-state index contributed by atoms with van der Waals surface area (Å²) in [5.74, 6) is 1.59. The van der Waals surface area contributed by atoms with Crippen molar-refractivity contribution in [1.82, 2.24) is 19.7 Å². The van der Waals surface area contributed by atoms with Gasteiger partial charge in [0.2, 0.25) is 5.95 Å². The number of rotatable bonds is 4. The molecule has 3 aromatic rings. The van der Waals surface area contributed by atoms with Gasteiger partial charge < -0.3 is 10.2 Å². The van der Waals surface area contributed by atoms with Crippen molar-refractivity contribution in [3.8, 4) is 0 Å². The van der Waals surface area contributed by atoms with Crippen LogP contribution in [0.2, 0.25) is 5.02 Å². The molecule has 1 aliphatic heterocycles. The summed E-state index contributed by atoms with van der Waals surface area (Å²) in [6.45, 7) is 2.68. The van der Waals surface area contributed by atoms with E-state index < -0.39 is 0 Å². The van der Waals surface area contributed by atoms with Crippen molar-refractivity contribution in [2.24, 2.45) is 7.05 Å². The van der Waals surface area contributed by atoms with Gasteiger partial charge in [-0.2, -0.15) is 15.1 Å². The van der Waals surface area contributed by atoms with E-state index in [1.54, 1.807) is 4.68 Å². The lowest BCUT2D eigenvalue weighted by Crippen LogP contribution is -2.21. The standard InChI is InChI=1S/C17H19ClN6/c1-23-16-14(11-20-23)15(19-10-12-5-4-6-13(18)9-12)21-17(22-16)24-7-2-3-8-24/h4-6,9,11H,2-3,7-8,10H2,1H3,(H,19,21,22). The molecule has 2 aromatic heterocycles. The van der Waals surface area contributed by atoms with Crippen molar-refractivity contribution in [1.29, 1.82) is 0 Å². The van der Waals surface area contributed by atoms with Crippen LogP contribution in [0, 0.1) is 0 Å². The van der Waals surface area contributed by atoms with Crippen molar-refractivity contribution in [3.63, 3.8) is 0 Å². The first-order chi connectivity index (χ1) is 11.7. The highest BCUT2D eigenvalue weighted by atomic mass is 35.5. The van der Waals surface area contributed by atoms with Gasteiger partial charge in [0.1, 0.15) is 5.82 Å². The second-order valence-electron chi connectivity index (χ2n) is 6.06. The number of hydrogen-bond donors (Lipinski definition) is 1. The van der Waals surface area contributed by atoms with E-state index >= 15 is 0 Å². The first-order valence-corrected chi connectivity index (χ1v) is 8.51. The number of anilines is 2. The molecule has 0 unspecified atom stereocenters. The van der Waals surface area contributed by atoms with Gasteiger partial charge in [0.05, 0.1) is 11.6 Å². The van der Waals surface area contributed by atoms with Crippen LogP contribution in [-0.4, -0.2) is 32.8 Å². The highest BCUT2D eigenvalue weighted by Gasteiger charge is 2.18. The lowest BCUT2D eigenvalue weighted by Gasteiger charge is -2.17. The van der Waals surface area contributed by atoms with Crippen LogP contribution >= 0.6 is 11.6 Å². The molecule has 124 valence electrons. The molecular formula is C17H19ClN6. The summed E-state index contributed by atoms with van der Waals surface area (Å²) in [6, 6.07) is 7.83. The summed E-state index contributed by atoms with van der Waals surface area (Å²) < 4.78 is 1.79. The van der Waals surface area contributed by atoms with E-state index in [0.29, 0.717) is 6.54 Å². The Morgan fingerprint density at radius 1 is 1.21 bits per heavy atom. The fraction of sp³-hybridized carbons (Fsp3) is 0.353. The number of aryl methyl sites for hydroxylation is 1. The summed E-state index contributed by atoms with van der Waals surface area (Å²) in [5.41, 5.74) is 1.96. The summed E-state index contributed by atoms with van der Waals surface area (Å²) in [7, 11) is 1.91. The third-order valence-electron chi connectivity index (χ3n) is 4.32. The number of halogens is 1. The van der Waals surface area contributed by atoms with E-state index in [1.807, 2.05) is 37.5 Å². The van der Waals surface area contributed by atoms with Gasteiger partial charge in [0.15, 0.2) is 5.65 Å². The van der Waals surface area contributed by atoms with Gasteiger partial charge in [-0.3, -0.25) is 4.68 Å². The molecule has 24 heavy (non-hydrogen) atoms. The number of benzene rings is 1. The highest BCUT2D eigenvalue weighted by molar-refractivity contribution is 6.30. The van der Waals surface area contributed by atoms with Gasteiger partial charge in [0.25, 0.3) is 0 Å². The van der Waals surface area contributed by atoms with E-state index in [0.717, 1.165) is 46.5 Å². The first-order valence-electron chi connectivity index (χ1n) is 8.14. The normalized spacial score (nSPS) is 14.5. The van der Waals surface area contributed by atoms with Crippen LogP contribution in [0.15, 0.2) is 30.5 Å². The Bertz CT molecular complexity index is 869. The molecule has 1 aromatic carbocycles. The number of fused-ring (bicyclic) bond motifs is 1. The molecule has 0 bridgehead atoms. The van der Waals surface area contributed by atoms with Crippen molar-refractivity contribution in [2.45, 2.75) is 19.4 Å². The maximum Gasteiger partial charge on any atom is 0.229 e. The molecule has 0 atom stereocenters. The summed E-state index contributed by atoms with van der Waals surface area (Å²) >= 11 is 6.06. The third kappa shape index (κ3) is 2.89. The van der Waals surface area contributed by atoms with Crippen LogP contribution in [0.4, 0.5) is 11.8 Å². The van der Waals surface area contributed by atoms with Crippen LogP contribution in [0.3, 0.4) is 0 Å². The second kappa shape index (κ2) is 6.28. The Balaban J connectivity index is 1.67. The third-order valence-corrected chi connectivity index (χ3v) is 4.55. The monoisotopic (exact) mass is 342 g/mol. The smallest absolute Gasteiger partial charge is 0.229 e. The van der Waals surface area contributed by atoms with E-state index in [1.165, 1.54) is 12.8 Å². The van der Waals surface area contributed by atoms with Crippen molar-refractivity contribution >= 4 is 34.4 Å². The molecule has 1 N–H and O–H groups in total. The van der Waals surface area contributed by atoms with Gasteiger partial charge in [-0.05, 0) is 30.5 Å². The Hall–Kier alpha value is -2.34. The van der Waals surface area contributed by atoms with Crippen LogP contribution < -0.4 is 10.2 Å². The van der Waals surface area contributed by atoms with E-state index in [4.69, 9.17) is 21.6 Å². The van der Waals surface area contributed by atoms with Crippen LogP contribution in [0.5, 0.6) is 0 Å². The average Bonchev–Trinajstić information content (AvgIpc) is 3.23. The van der Waals surface area contributed by atoms with Gasteiger partial charge in [-0.25, -0.2) is 0 Å². The van der Waals surface area contributed by atoms with Crippen molar-refractivity contribution in [3.05, 3.63) is 41.0 Å². The summed E-state index contributed by atoms with van der Waals surface area (Å²) in [5, 5.41) is 9.42. The molecule has 0 amide bonds. The van der Waals surface area contributed by atoms with Crippen LogP contribution in [0.1, 0.15) is 18.4 Å². The minimum absolute atomic E-state index is 0.654. The zero-order chi connectivity index (χ0) is 16.5. The van der Waals surface area contributed by atoms with Gasteiger partial charge in [-0.1, -0.05) is 23.7 Å². The summed E-state index contributed by atoms with van der Waals surface area (Å²) in [4.78, 5) is 11.7. The van der Waals surface area contributed by atoms with E-state index in [9.17, 15) is 0 Å². The molecular weight excluding hydrogens is 324 g/mol. The Kier molecular flexibility index (Phi) is 3.98. The molecule has 4 rings (SSSR count). The predicted molar refractivity (Wildman–Crippen MR) is 96.5 cm³/mol. The van der Waals surface area contributed by atoms with Crippen molar-refractivity contribution < 1.29 is 0 Å². The largest absolute Gasteiger partial charge is 0.365 e. The topological polar surface area (TPSA) is 58.9 Å². The van der Waals surface area contributed by atoms with Gasteiger partial charge in [0, 0.05) is 31.7 Å². The van der Waals surface area contributed by atoms with Crippen molar-refractivity contribution in [2.75, 3.05) is 23.3 Å². The van der Waals surface area contributed by atoms with Gasteiger partial charge >= 0.3 is 0 Å². The lowest BCUT2D eigenvalue weighted by atomic mass is 10.2.